The largest absolute Gasteiger partial charge is 0.381 e. The molecule has 1 saturated heterocycles. The monoisotopic (exact) mass is 480 g/mol. The van der Waals surface area contributed by atoms with E-state index in [1.807, 2.05) is 7.05 Å². The van der Waals surface area contributed by atoms with Gasteiger partial charge in [-0.25, -0.2) is 0 Å². The number of nitrogens with zero attached hydrogens (tertiary/aromatic N) is 2. The third-order valence-corrected chi connectivity index (χ3v) is 6.93. The molecule has 3 aliphatic rings. The number of hydrogen-bond acceptors (Lipinski definition) is 4. The van der Waals surface area contributed by atoms with E-state index in [9.17, 15) is 0 Å². The summed E-state index contributed by atoms with van der Waals surface area (Å²) in [6.07, 6.45) is 7.55. The summed E-state index contributed by atoms with van der Waals surface area (Å²) in [7, 11) is 6.21. The average Bonchev–Trinajstić information content (AvgIpc) is 2.56. The maximum atomic E-state index is 5.96. The molecule has 152 valence electrons. The SMILES string of the molecule is CCOC1CC(NC(=NC)NCC2(N(C)C)CCOCC2)C12CCC2.I. The minimum Gasteiger partial charge on any atom is -0.381 e. The molecule has 0 aromatic carbocycles. The lowest BCUT2D eigenvalue weighted by Gasteiger charge is -2.61. The van der Waals surface area contributed by atoms with Crippen LogP contribution in [0.4, 0.5) is 0 Å². The van der Waals surface area contributed by atoms with Gasteiger partial charge in [0, 0.05) is 50.4 Å². The van der Waals surface area contributed by atoms with Gasteiger partial charge in [-0.3, -0.25) is 4.99 Å². The van der Waals surface area contributed by atoms with E-state index < -0.39 is 0 Å². The third kappa shape index (κ3) is 4.15. The van der Waals surface area contributed by atoms with Crippen molar-refractivity contribution in [2.45, 2.75) is 63.1 Å². The molecule has 1 heterocycles. The van der Waals surface area contributed by atoms with Gasteiger partial charge >= 0.3 is 0 Å². The highest BCUT2D eigenvalue weighted by molar-refractivity contribution is 14.0. The van der Waals surface area contributed by atoms with Crippen LogP contribution in [0.2, 0.25) is 0 Å². The van der Waals surface area contributed by atoms with Crippen molar-refractivity contribution < 1.29 is 9.47 Å². The fraction of sp³-hybridized carbons (Fsp3) is 0.947. The summed E-state index contributed by atoms with van der Waals surface area (Å²) in [5.41, 5.74) is 0.503. The van der Waals surface area contributed by atoms with E-state index in [1.165, 1.54) is 19.3 Å². The lowest BCUT2D eigenvalue weighted by atomic mass is 9.51. The Bertz CT molecular complexity index is 476. The molecule has 7 heteroatoms. The van der Waals surface area contributed by atoms with E-state index in [2.05, 4.69) is 41.5 Å². The molecular weight excluding hydrogens is 443 g/mol. The first-order valence-corrected chi connectivity index (χ1v) is 9.90. The molecule has 2 unspecified atom stereocenters. The third-order valence-electron chi connectivity index (χ3n) is 6.93. The minimum absolute atomic E-state index is 0. The zero-order valence-corrected chi connectivity index (χ0v) is 19.2. The van der Waals surface area contributed by atoms with Crippen LogP contribution in [0.25, 0.3) is 0 Å². The first-order chi connectivity index (χ1) is 12.1. The quantitative estimate of drug-likeness (QED) is 0.347. The van der Waals surface area contributed by atoms with Gasteiger partial charge in [0.15, 0.2) is 5.96 Å². The number of halogens is 1. The van der Waals surface area contributed by atoms with Crippen molar-refractivity contribution >= 4 is 29.9 Å². The molecule has 1 aliphatic heterocycles. The van der Waals surface area contributed by atoms with Gasteiger partial charge in [0.05, 0.1) is 6.10 Å². The fourth-order valence-electron chi connectivity index (χ4n) is 4.78. The molecule has 3 rings (SSSR count). The molecule has 2 saturated carbocycles. The van der Waals surface area contributed by atoms with Crippen LogP contribution >= 0.6 is 24.0 Å². The second-order valence-corrected chi connectivity index (χ2v) is 8.12. The number of aliphatic imine (C=N–C) groups is 1. The Balaban J connectivity index is 0.00000243. The molecule has 2 N–H and O–H groups in total. The van der Waals surface area contributed by atoms with Gasteiger partial charge in [-0.05, 0) is 53.1 Å². The first kappa shape index (κ1) is 22.2. The molecule has 0 amide bonds. The van der Waals surface area contributed by atoms with Gasteiger partial charge in [-0.15, -0.1) is 24.0 Å². The summed E-state index contributed by atoms with van der Waals surface area (Å²) in [5.74, 6) is 0.930. The Kier molecular flexibility index (Phi) is 8.00. The summed E-state index contributed by atoms with van der Waals surface area (Å²) in [6.45, 7) is 5.50. The van der Waals surface area contributed by atoms with Crippen molar-refractivity contribution in [3.63, 3.8) is 0 Å². The number of ether oxygens (including phenoxy) is 2. The van der Waals surface area contributed by atoms with Crippen molar-refractivity contribution in [1.29, 1.82) is 0 Å². The number of hydrogen-bond donors (Lipinski definition) is 2. The number of guanidine groups is 1. The lowest BCUT2D eigenvalue weighted by molar-refractivity contribution is -0.168. The zero-order valence-electron chi connectivity index (χ0n) is 16.8. The van der Waals surface area contributed by atoms with Crippen LogP contribution in [-0.4, -0.2) is 76.1 Å². The molecule has 1 spiro atoms. The number of likely N-dealkylation sites (N-methyl/N-ethyl adjacent to an activating group) is 1. The highest BCUT2D eigenvalue weighted by Gasteiger charge is 2.59. The van der Waals surface area contributed by atoms with Crippen LogP contribution in [0.5, 0.6) is 0 Å². The van der Waals surface area contributed by atoms with Crippen molar-refractivity contribution in [2.75, 3.05) is 47.5 Å². The Hall–Kier alpha value is -0.120. The van der Waals surface area contributed by atoms with E-state index in [0.717, 1.165) is 51.6 Å². The normalized spacial score (nSPS) is 29.5. The van der Waals surface area contributed by atoms with E-state index in [-0.39, 0.29) is 29.5 Å². The van der Waals surface area contributed by atoms with Gasteiger partial charge in [-0.1, -0.05) is 6.42 Å². The molecule has 2 atom stereocenters. The Morgan fingerprint density at radius 3 is 2.42 bits per heavy atom. The van der Waals surface area contributed by atoms with Crippen LogP contribution in [0, 0.1) is 5.41 Å². The summed E-state index contributed by atoms with van der Waals surface area (Å²) < 4.78 is 11.5. The summed E-state index contributed by atoms with van der Waals surface area (Å²) in [5, 5.41) is 7.28. The molecule has 0 radical (unpaired) electrons. The summed E-state index contributed by atoms with van der Waals surface area (Å²) >= 11 is 0. The molecule has 0 aromatic heterocycles. The van der Waals surface area contributed by atoms with Crippen molar-refractivity contribution in [3.8, 4) is 0 Å². The van der Waals surface area contributed by atoms with Gasteiger partial charge in [-0.2, -0.15) is 0 Å². The molecular formula is C19H37IN4O2. The summed E-state index contributed by atoms with van der Waals surface area (Å²) in [6, 6.07) is 0.494. The first-order valence-electron chi connectivity index (χ1n) is 9.90. The van der Waals surface area contributed by atoms with Crippen LogP contribution in [0.3, 0.4) is 0 Å². The summed E-state index contributed by atoms with van der Waals surface area (Å²) in [4.78, 5) is 6.83. The van der Waals surface area contributed by atoms with Gasteiger partial charge in [0.25, 0.3) is 0 Å². The van der Waals surface area contributed by atoms with Gasteiger partial charge in [0.1, 0.15) is 0 Å². The molecule has 26 heavy (non-hydrogen) atoms. The molecule has 6 nitrogen and oxygen atoms in total. The second-order valence-electron chi connectivity index (χ2n) is 8.12. The van der Waals surface area contributed by atoms with Crippen LogP contribution < -0.4 is 10.6 Å². The predicted molar refractivity (Wildman–Crippen MR) is 116 cm³/mol. The van der Waals surface area contributed by atoms with E-state index in [4.69, 9.17) is 9.47 Å². The highest BCUT2D eigenvalue weighted by Crippen LogP contribution is 2.57. The van der Waals surface area contributed by atoms with Crippen molar-refractivity contribution in [2.24, 2.45) is 10.4 Å². The van der Waals surface area contributed by atoms with E-state index >= 15 is 0 Å². The van der Waals surface area contributed by atoms with E-state index in [0.29, 0.717) is 17.6 Å². The second kappa shape index (κ2) is 9.39. The van der Waals surface area contributed by atoms with Crippen molar-refractivity contribution in [1.82, 2.24) is 15.5 Å². The zero-order chi connectivity index (χ0) is 17.9. The van der Waals surface area contributed by atoms with Crippen LogP contribution in [0.1, 0.15) is 45.4 Å². The minimum atomic E-state index is 0. The number of nitrogens with one attached hydrogen (secondary N) is 2. The fourth-order valence-corrected chi connectivity index (χ4v) is 4.78. The topological polar surface area (TPSA) is 58.1 Å². The standard InChI is InChI=1S/C19H36N4O2.HI/c1-5-25-16-13-15(19(16)7-6-8-19)22-17(20-2)21-14-18(23(3)4)9-11-24-12-10-18;/h15-16H,5-14H2,1-4H3,(H2,20,21,22);1H. The number of rotatable bonds is 6. The molecule has 2 aliphatic carbocycles. The molecule has 0 bridgehead atoms. The highest BCUT2D eigenvalue weighted by atomic mass is 127. The molecule has 0 aromatic rings. The van der Waals surface area contributed by atoms with E-state index in [1.54, 1.807) is 0 Å². The van der Waals surface area contributed by atoms with Crippen molar-refractivity contribution in [3.05, 3.63) is 0 Å². The molecule has 3 fully saturated rings. The Morgan fingerprint density at radius 1 is 1.23 bits per heavy atom. The Labute approximate surface area is 175 Å². The average molecular weight is 480 g/mol. The maximum absolute atomic E-state index is 5.96. The maximum Gasteiger partial charge on any atom is 0.191 e. The smallest absolute Gasteiger partial charge is 0.191 e. The van der Waals surface area contributed by atoms with Gasteiger partial charge < -0.3 is 25.0 Å². The van der Waals surface area contributed by atoms with Gasteiger partial charge in [0.2, 0.25) is 0 Å². The Morgan fingerprint density at radius 2 is 1.92 bits per heavy atom. The van der Waals surface area contributed by atoms with Crippen LogP contribution in [0.15, 0.2) is 4.99 Å². The lowest BCUT2D eigenvalue weighted by Crippen LogP contribution is -2.69. The predicted octanol–water partition coefficient (Wildman–Crippen LogP) is 2.23. The van der Waals surface area contributed by atoms with Crippen LogP contribution in [-0.2, 0) is 9.47 Å².